The molecule has 0 saturated carbocycles. The van der Waals surface area contributed by atoms with E-state index in [2.05, 4.69) is 0 Å². The summed E-state index contributed by atoms with van der Waals surface area (Å²) >= 11 is 0. The summed E-state index contributed by atoms with van der Waals surface area (Å²) in [6.07, 6.45) is 2.23. The molecule has 0 spiro atoms. The van der Waals surface area contributed by atoms with Crippen LogP contribution in [0, 0.1) is 0 Å². The fourth-order valence-corrected chi connectivity index (χ4v) is 3.95. The van der Waals surface area contributed by atoms with Crippen LogP contribution in [0.1, 0.15) is 49.5 Å². The number of rotatable bonds is 8. The molecule has 0 aromatic heterocycles. The zero-order valence-electron chi connectivity index (χ0n) is 12.8. The van der Waals surface area contributed by atoms with Crippen LogP contribution in [0.5, 0.6) is 0 Å². The molecule has 0 heterocycles. The molecule has 5 nitrogen and oxygen atoms in total. The molecule has 0 unspecified atom stereocenters. The molecule has 1 aromatic rings. The second-order valence-electron chi connectivity index (χ2n) is 4.83. The van der Waals surface area contributed by atoms with E-state index in [0.717, 1.165) is 12.8 Å². The fourth-order valence-electron chi connectivity index (χ4n) is 2.14. The summed E-state index contributed by atoms with van der Waals surface area (Å²) in [5.74, 6) is -1.12. The second kappa shape index (κ2) is 7.56. The molecule has 0 atom stereocenters. The average Bonchev–Trinajstić information content (AvgIpc) is 2.47. The van der Waals surface area contributed by atoms with E-state index in [1.807, 2.05) is 13.8 Å². The Morgan fingerprint density at radius 1 is 1.24 bits per heavy atom. The summed E-state index contributed by atoms with van der Waals surface area (Å²) in [4.78, 5) is 11.2. The molecule has 0 aliphatic heterocycles. The van der Waals surface area contributed by atoms with Crippen LogP contribution in [0.3, 0.4) is 0 Å². The van der Waals surface area contributed by atoms with Crippen molar-refractivity contribution < 1.29 is 18.3 Å². The van der Waals surface area contributed by atoms with E-state index in [1.165, 1.54) is 16.4 Å². The van der Waals surface area contributed by atoms with Gasteiger partial charge in [-0.15, -0.1) is 0 Å². The Labute approximate surface area is 126 Å². The predicted molar refractivity (Wildman–Crippen MR) is 82.1 cm³/mol. The van der Waals surface area contributed by atoms with Gasteiger partial charge in [0.2, 0.25) is 10.0 Å². The lowest BCUT2D eigenvalue weighted by Gasteiger charge is -2.22. The van der Waals surface area contributed by atoms with Crippen LogP contribution in [0.4, 0.5) is 0 Å². The standard InChI is InChI=1S/C15H23NO4S/c1-4-7-10-16(6-3)21(19,20)14-11-13(15(17)18)9-8-12(14)5-2/h8-9,11H,4-7,10H2,1-3H3,(H,17,18). The van der Waals surface area contributed by atoms with E-state index in [0.29, 0.717) is 25.1 Å². The molecule has 0 bridgehead atoms. The van der Waals surface area contributed by atoms with Gasteiger partial charge in [-0.1, -0.05) is 33.3 Å². The first kappa shape index (κ1) is 17.7. The number of carbonyl (C=O) groups is 1. The topological polar surface area (TPSA) is 74.7 Å². The van der Waals surface area contributed by atoms with Crippen LogP contribution in [0.2, 0.25) is 0 Å². The summed E-state index contributed by atoms with van der Waals surface area (Å²) in [6, 6.07) is 4.30. The number of aromatic carboxylic acids is 1. The third kappa shape index (κ3) is 4.04. The molecule has 1 N–H and O–H groups in total. The summed E-state index contributed by atoms with van der Waals surface area (Å²) in [5, 5.41) is 9.07. The number of unbranched alkanes of at least 4 members (excludes halogenated alkanes) is 1. The number of hydrogen-bond donors (Lipinski definition) is 1. The monoisotopic (exact) mass is 313 g/mol. The van der Waals surface area contributed by atoms with Gasteiger partial charge in [0, 0.05) is 13.1 Å². The molecular formula is C15H23NO4S. The van der Waals surface area contributed by atoms with Crippen LogP contribution >= 0.6 is 0 Å². The number of benzene rings is 1. The number of nitrogens with zero attached hydrogens (tertiary/aromatic N) is 1. The van der Waals surface area contributed by atoms with Crippen molar-refractivity contribution in [3.8, 4) is 0 Å². The number of sulfonamides is 1. The lowest BCUT2D eigenvalue weighted by molar-refractivity contribution is 0.0696. The Balaban J connectivity index is 3.33. The number of hydrogen-bond acceptors (Lipinski definition) is 3. The van der Waals surface area contributed by atoms with Gasteiger partial charge in [-0.3, -0.25) is 0 Å². The second-order valence-corrected chi connectivity index (χ2v) is 6.74. The van der Waals surface area contributed by atoms with E-state index < -0.39 is 16.0 Å². The maximum Gasteiger partial charge on any atom is 0.335 e. The lowest BCUT2D eigenvalue weighted by atomic mass is 10.1. The number of carboxylic acids is 1. The van der Waals surface area contributed by atoms with E-state index in [4.69, 9.17) is 5.11 Å². The van der Waals surface area contributed by atoms with E-state index in [-0.39, 0.29) is 10.5 Å². The highest BCUT2D eigenvalue weighted by Gasteiger charge is 2.26. The van der Waals surface area contributed by atoms with Gasteiger partial charge in [0.15, 0.2) is 0 Å². The Hall–Kier alpha value is -1.40. The minimum atomic E-state index is -3.65. The lowest BCUT2D eigenvalue weighted by Crippen LogP contribution is -2.32. The smallest absolute Gasteiger partial charge is 0.335 e. The summed E-state index contributed by atoms with van der Waals surface area (Å²) < 4.78 is 26.9. The Morgan fingerprint density at radius 3 is 2.38 bits per heavy atom. The zero-order valence-corrected chi connectivity index (χ0v) is 13.6. The SMILES string of the molecule is CCCCN(CC)S(=O)(=O)c1cc(C(=O)O)ccc1CC. The number of carboxylic acid groups (broad SMARTS) is 1. The van der Waals surface area contributed by atoms with Crippen molar-refractivity contribution in [3.05, 3.63) is 29.3 Å². The summed E-state index contributed by atoms with van der Waals surface area (Å²) in [6.45, 7) is 6.48. The fraction of sp³-hybridized carbons (Fsp3) is 0.533. The summed E-state index contributed by atoms with van der Waals surface area (Å²) in [7, 11) is -3.65. The van der Waals surface area contributed by atoms with Crippen LogP contribution in [-0.4, -0.2) is 36.9 Å². The Morgan fingerprint density at radius 2 is 1.90 bits per heavy atom. The number of aryl methyl sites for hydroxylation is 1. The molecule has 0 fully saturated rings. The van der Waals surface area contributed by atoms with E-state index in [1.54, 1.807) is 13.0 Å². The summed E-state index contributed by atoms with van der Waals surface area (Å²) in [5.41, 5.74) is 0.646. The van der Waals surface area contributed by atoms with Gasteiger partial charge in [-0.05, 0) is 30.5 Å². The van der Waals surface area contributed by atoms with Crippen LogP contribution in [0.25, 0.3) is 0 Å². The third-order valence-electron chi connectivity index (χ3n) is 3.43. The van der Waals surface area contributed by atoms with Crippen molar-refractivity contribution in [2.24, 2.45) is 0 Å². The molecule has 0 aliphatic carbocycles. The molecule has 6 heteroatoms. The molecule has 1 aromatic carbocycles. The quantitative estimate of drug-likeness (QED) is 0.801. The molecule has 0 radical (unpaired) electrons. The maximum atomic E-state index is 12.8. The van der Waals surface area contributed by atoms with Crippen molar-refractivity contribution in [2.45, 2.75) is 44.9 Å². The third-order valence-corrected chi connectivity index (χ3v) is 5.48. The molecule has 0 amide bonds. The zero-order chi connectivity index (χ0) is 16.0. The van der Waals surface area contributed by atoms with Crippen molar-refractivity contribution in [1.82, 2.24) is 4.31 Å². The molecule has 21 heavy (non-hydrogen) atoms. The molecule has 0 saturated heterocycles. The van der Waals surface area contributed by atoms with Gasteiger partial charge in [0.25, 0.3) is 0 Å². The molecular weight excluding hydrogens is 290 g/mol. The van der Waals surface area contributed by atoms with Gasteiger partial charge in [0.1, 0.15) is 0 Å². The first-order valence-corrected chi connectivity index (χ1v) is 8.68. The average molecular weight is 313 g/mol. The van der Waals surface area contributed by atoms with Crippen molar-refractivity contribution in [3.63, 3.8) is 0 Å². The Kier molecular flexibility index (Phi) is 6.36. The van der Waals surface area contributed by atoms with Gasteiger partial charge < -0.3 is 5.11 Å². The van der Waals surface area contributed by atoms with Crippen LogP contribution < -0.4 is 0 Å². The van der Waals surface area contributed by atoms with Gasteiger partial charge in [-0.2, -0.15) is 4.31 Å². The highest BCUT2D eigenvalue weighted by molar-refractivity contribution is 7.89. The molecule has 118 valence electrons. The largest absolute Gasteiger partial charge is 0.478 e. The van der Waals surface area contributed by atoms with Gasteiger partial charge in [0.05, 0.1) is 10.5 Å². The van der Waals surface area contributed by atoms with Gasteiger partial charge >= 0.3 is 5.97 Å². The predicted octanol–water partition coefficient (Wildman–Crippen LogP) is 2.76. The highest BCUT2D eigenvalue weighted by Crippen LogP contribution is 2.23. The molecule has 1 rings (SSSR count). The highest BCUT2D eigenvalue weighted by atomic mass is 32.2. The van der Waals surface area contributed by atoms with Crippen molar-refractivity contribution >= 4 is 16.0 Å². The maximum absolute atomic E-state index is 12.8. The van der Waals surface area contributed by atoms with E-state index >= 15 is 0 Å². The van der Waals surface area contributed by atoms with Crippen molar-refractivity contribution in [2.75, 3.05) is 13.1 Å². The molecule has 0 aliphatic rings. The first-order valence-electron chi connectivity index (χ1n) is 7.24. The van der Waals surface area contributed by atoms with Gasteiger partial charge in [-0.25, -0.2) is 13.2 Å². The normalized spacial score (nSPS) is 11.8. The minimum absolute atomic E-state index is 0.00248. The first-order chi connectivity index (χ1) is 9.88. The minimum Gasteiger partial charge on any atom is -0.478 e. The van der Waals surface area contributed by atoms with E-state index in [9.17, 15) is 13.2 Å². The van der Waals surface area contributed by atoms with Crippen LogP contribution in [-0.2, 0) is 16.4 Å². The van der Waals surface area contributed by atoms with Crippen LogP contribution in [0.15, 0.2) is 23.1 Å². The van der Waals surface area contributed by atoms with Crippen molar-refractivity contribution in [1.29, 1.82) is 0 Å². The Bertz CT molecular complexity index is 596.